The van der Waals surface area contributed by atoms with E-state index < -0.39 is 0 Å². The number of carbonyl (C=O) groups excluding carboxylic acids is 1. The molecule has 1 heterocycles. The number of aromatic nitrogens is 2. The number of aromatic amines is 1. The van der Waals surface area contributed by atoms with Gasteiger partial charge in [0.05, 0.1) is 6.20 Å². The van der Waals surface area contributed by atoms with Crippen LogP contribution >= 0.6 is 15.9 Å². The van der Waals surface area contributed by atoms with Gasteiger partial charge in [0, 0.05) is 16.7 Å². The maximum atomic E-state index is 11.9. The van der Waals surface area contributed by atoms with E-state index in [1.165, 1.54) is 6.20 Å². The summed E-state index contributed by atoms with van der Waals surface area (Å²) >= 11 is 3.48. The minimum absolute atomic E-state index is 0.0464. The molecule has 0 aliphatic rings. The summed E-state index contributed by atoms with van der Waals surface area (Å²) in [4.78, 5) is 29.0. The van der Waals surface area contributed by atoms with Crippen LogP contribution in [0.5, 0.6) is 0 Å². The Balaban J connectivity index is 1.99. The number of carbonyl (C=O) groups is 1. The Labute approximate surface area is 124 Å². The number of H-pyrrole nitrogens is 1. The summed E-state index contributed by atoms with van der Waals surface area (Å²) in [5.41, 5.74) is 0.987. The summed E-state index contributed by atoms with van der Waals surface area (Å²) in [6.45, 7) is 1.92. The molecule has 5 nitrogen and oxygen atoms in total. The molecule has 0 fully saturated rings. The molecule has 0 saturated carbocycles. The summed E-state index contributed by atoms with van der Waals surface area (Å²) in [6.07, 6.45) is 3.10. The van der Waals surface area contributed by atoms with Gasteiger partial charge in [-0.1, -0.05) is 34.1 Å². The second-order valence-electron chi connectivity index (χ2n) is 4.47. The summed E-state index contributed by atoms with van der Waals surface area (Å²) < 4.78 is 1.02. The van der Waals surface area contributed by atoms with Crippen LogP contribution in [0.2, 0.25) is 0 Å². The molecule has 1 atom stereocenters. The molecular weight excluding hydrogens is 322 g/mol. The Morgan fingerprint density at radius 2 is 2.20 bits per heavy atom. The molecule has 0 unspecified atom stereocenters. The Morgan fingerprint density at radius 3 is 2.85 bits per heavy atom. The molecule has 2 N–H and O–H groups in total. The fraction of sp³-hybridized carbons (Fsp3) is 0.214. The molecule has 104 valence electrons. The summed E-state index contributed by atoms with van der Waals surface area (Å²) in [5, 5.41) is 2.85. The lowest BCUT2D eigenvalue weighted by atomic mass is 10.1. The van der Waals surface area contributed by atoms with Crippen molar-refractivity contribution in [2.75, 3.05) is 0 Å². The molecule has 0 aliphatic carbocycles. The highest BCUT2D eigenvalue weighted by atomic mass is 79.9. The van der Waals surface area contributed by atoms with E-state index in [0.29, 0.717) is 6.42 Å². The first-order valence-corrected chi connectivity index (χ1v) is 6.94. The van der Waals surface area contributed by atoms with E-state index >= 15 is 0 Å². The van der Waals surface area contributed by atoms with E-state index in [4.69, 9.17) is 0 Å². The highest BCUT2D eigenvalue weighted by molar-refractivity contribution is 9.10. The van der Waals surface area contributed by atoms with Crippen molar-refractivity contribution in [2.45, 2.75) is 19.4 Å². The van der Waals surface area contributed by atoms with Crippen LogP contribution in [-0.4, -0.2) is 21.9 Å². The van der Waals surface area contributed by atoms with Gasteiger partial charge in [0.2, 0.25) is 0 Å². The number of benzene rings is 1. The predicted octanol–water partition coefficient (Wildman–Crippen LogP) is 1.89. The van der Waals surface area contributed by atoms with E-state index in [2.05, 4.69) is 31.2 Å². The number of nitrogens with zero attached hydrogens (tertiary/aromatic N) is 1. The van der Waals surface area contributed by atoms with Crippen LogP contribution in [0.1, 0.15) is 23.0 Å². The minimum Gasteiger partial charge on any atom is -0.348 e. The third-order valence-corrected chi connectivity index (χ3v) is 3.54. The molecule has 6 heteroatoms. The van der Waals surface area contributed by atoms with Crippen molar-refractivity contribution in [3.8, 4) is 0 Å². The Bertz CT molecular complexity index is 649. The number of hydrogen-bond donors (Lipinski definition) is 2. The molecular formula is C14H14BrN3O2. The third kappa shape index (κ3) is 3.77. The Kier molecular flexibility index (Phi) is 4.68. The van der Waals surface area contributed by atoms with Crippen LogP contribution < -0.4 is 10.9 Å². The normalized spacial score (nSPS) is 11.9. The molecule has 0 spiro atoms. The molecule has 1 aromatic heterocycles. The van der Waals surface area contributed by atoms with Gasteiger partial charge in [-0.2, -0.15) is 0 Å². The molecule has 1 aromatic carbocycles. The van der Waals surface area contributed by atoms with Crippen LogP contribution in [0.15, 0.2) is 45.9 Å². The van der Waals surface area contributed by atoms with Crippen molar-refractivity contribution in [1.82, 2.24) is 15.3 Å². The number of halogens is 1. The quantitative estimate of drug-likeness (QED) is 0.895. The smallest absolute Gasteiger partial charge is 0.271 e. The van der Waals surface area contributed by atoms with Crippen molar-refractivity contribution in [3.63, 3.8) is 0 Å². The van der Waals surface area contributed by atoms with E-state index in [0.717, 1.165) is 16.2 Å². The van der Waals surface area contributed by atoms with Gasteiger partial charge in [-0.05, 0) is 25.0 Å². The first-order chi connectivity index (χ1) is 9.56. The van der Waals surface area contributed by atoms with Gasteiger partial charge in [0.15, 0.2) is 0 Å². The second kappa shape index (κ2) is 6.47. The summed E-state index contributed by atoms with van der Waals surface area (Å²) in [7, 11) is 0. The standard InChI is InChI=1S/C14H14BrN3O2/c1-9(6-10-4-2-3-5-11(10)15)18-14(20)12-7-17-13(19)8-16-12/h2-5,7-9H,6H2,1H3,(H,17,19)(H,18,20)/t9-/m1/s1. The van der Waals surface area contributed by atoms with Crippen LogP contribution in [0.3, 0.4) is 0 Å². The van der Waals surface area contributed by atoms with Gasteiger partial charge in [0.1, 0.15) is 5.69 Å². The molecule has 1 amide bonds. The van der Waals surface area contributed by atoms with Crippen molar-refractivity contribution in [2.24, 2.45) is 0 Å². The van der Waals surface area contributed by atoms with Crippen LogP contribution in [0.4, 0.5) is 0 Å². The number of hydrogen-bond acceptors (Lipinski definition) is 3. The maximum Gasteiger partial charge on any atom is 0.271 e. The largest absolute Gasteiger partial charge is 0.348 e. The molecule has 0 bridgehead atoms. The zero-order valence-corrected chi connectivity index (χ0v) is 12.5. The van der Waals surface area contributed by atoms with E-state index in [9.17, 15) is 9.59 Å². The average molecular weight is 336 g/mol. The molecule has 2 aromatic rings. The van der Waals surface area contributed by atoms with Crippen molar-refractivity contribution >= 4 is 21.8 Å². The minimum atomic E-state index is -0.331. The third-order valence-electron chi connectivity index (χ3n) is 2.77. The number of nitrogens with one attached hydrogen (secondary N) is 2. The van der Waals surface area contributed by atoms with Gasteiger partial charge >= 0.3 is 0 Å². The fourth-order valence-corrected chi connectivity index (χ4v) is 2.26. The zero-order chi connectivity index (χ0) is 14.5. The van der Waals surface area contributed by atoms with Gasteiger partial charge in [0.25, 0.3) is 11.5 Å². The highest BCUT2D eigenvalue weighted by Gasteiger charge is 2.12. The van der Waals surface area contributed by atoms with Crippen molar-refractivity contribution < 1.29 is 4.79 Å². The molecule has 0 radical (unpaired) electrons. The SMILES string of the molecule is C[C@H](Cc1ccccc1Br)NC(=O)c1c[nH]c(=O)cn1. The van der Waals surface area contributed by atoms with E-state index in [1.54, 1.807) is 0 Å². The lowest BCUT2D eigenvalue weighted by Gasteiger charge is -2.14. The topological polar surface area (TPSA) is 74.8 Å². The van der Waals surface area contributed by atoms with Crippen molar-refractivity contribution in [1.29, 1.82) is 0 Å². The summed E-state index contributed by atoms with van der Waals surface area (Å²) in [6, 6.07) is 7.83. The predicted molar refractivity (Wildman–Crippen MR) is 79.6 cm³/mol. The number of amides is 1. The van der Waals surface area contributed by atoms with E-state index in [-0.39, 0.29) is 23.2 Å². The molecule has 2 rings (SSSR count). The second-order valence-corrected chi connectivity index (χ2v) is 5.32. The fourth-order valence-electron chi connectivity index (χ4n) is 1.81. The first kappa shape index (κ1) is 14.5. The average Bonchev–Trinajstić information content (AvgIpc) is 2.42. The van der Waals surface area contributed by atoms with E-state index in [1.807, 2.05) is 31.2 Å². The number of rotatable bonds is 4. The van der Waals surface area contributed by atoms with Gasteiger partial charge in [-0.15, -0.1) is 0 Å². The van der Waals surface area contributed by atoms with Crippen molar-refractivity contribution in [3.05, 3.63) is 62.7 Å². The van der Waals surface area contributed by atoms with Gasteiger partial charge < -0.3 is 10.3 Å². The molecule has 20 heavy (non-hydrogen) atoms. The van der Waals surface area contributed by atoms with Crippen LogP contribution in [0, 0.1) is 0 Å². The van der Waals surface area contributed by atoms with Crippen LogP contribution in [0.25, 0.3) is 0 Å². The van der Waals surface area contributed by atoms with Gasteiger partial charge in [-0.25, -0.2) is 4.98 Å². The maximum absolute atomic E-state index is 11.9. The van der Waals surface area contributed by atoms with Crippen LogP contribution in [-0.2, 0) is 6.42 Å². The zero-order valence-electron chi connectivity index (χ0n) is 10.9. The first-order valence-electron chi connectivity index (χ1n) is 6.15. The highest BCUT2D eigenvalue weighted by Crippen LogP contribution is 2.17. The van der Waals surface area contributed by atoms with Gasteiger partial charge in [-0.3, -0.25) is 9.59 Å². The Hall–Kier alpha value is -1.95. The summed E-state index contributed by atoms with van der Waals surface area (Å²) in [5.74, 6) is -0.305. The Morgan fingerprint density at radius 1 is 1.45 bits per heavy atom. The lowest BCUT2D eigenvalue weighted by Crippen LogP contribution is -2.35. The molecule has 0 aliphatic heterocycles. The lowest BCUT2D eigenvalue weighted by molar-refractivity contribution is 0.0934. The monoisotopic (exact) mass is 335 g/mol. The molecule has 0 saturated heterocycles.